The topological polar surface area (TPSA) is 46.7 Å². The van der Waals surface area contributed by atoms with Crippen LogP contribution in [0.3, 0.4) is 0 Å². The second-order valence-corrected chi connectivity index (χ2v) is 5.24. The molecule has 0 aliphatic carbocycles. The average molecular weight is 271 g/mol. The minimum absolute atomic E-state index is 0.0893. The molecule has 2 aromatic heterocycles. The monoisotopic (exact) mass is 271 g/mol. The van der Waals surface area contributed by atoms with Crippen LogP contribution >= 0.6 is 0 Å². The van der Waals surface area contributed by atoms with Crippen LogP contribution in [-0.2, 0) is 11.6 Å². The van der Waals surface area contributed by atoms with E-state index in [2.05, 4.69) is 10.2 Å². The van der Waals surface area contributed by atoms with Crippen LogP contribution in [0, 0.1) is 4.91 Å². The number of fused-ring (bicyclic) bond motifs is 1. The molecular weight excluding hydrogens is 259 g/mol. The molecule has 2 rings (SSSR count). The first-order valence-electron chi connectivity index (χ1n) is 5.58. The van der Waals surface area contributed by atoms with Crippen LogP contribution in [0.1, 0.15) is 32.0 Å². The molecule has 0 aliphatic heterocycles. The highest BCUT2D eigenvalue weighted by Gasteiger charge is 2.36. The number of aromatic nitrogens is 2. The van der Waals surface area contributed by atoms with Crippen molar-refractivity contribution in [3.8, 4) is 0 Å². The van der Waals surface area contributed by atoms with E-state index in [0.29, 0.717) is 0 Å². The number of hydrogen-bond acceptors (Lipinski definition) is 3. The minimum atomic E-state index is -4.52. The number of rotatable bonds is 1. The van der Waals surface area contributed by atoms with Crippen LogP contribution in [0.5, 0.6) is 0 Å². The summed E-state index contributed by atoms with van der Waals surface area (Å²) in [6, 6.07) is 2.15. The number of nitrogens with zero attached hydrogens (tertiary/aromatic N) is 3. The Kier molecular flexibility index (Phi) is 2.87. The Labute approximate surface area is 107 Å². The van der Waals surface area contributed by atoms with Gasteiger partial charge in [0, 0.05) is 11.6 Å². The lowest BCUT2D eigenvalue weighted by molar-refractivity contribution is -0.136. The largest absolute Gasteiger partial charge is 0.419 e. The first-order valence-corrected chi connectivity index (χ1v) is 5.58. The van der Waals surface area contributed by atoms with Crippen LogP contribution in [-0.4, -0.2) is 9.38 Å². The third kappa shape index (κ3) is 2.20. The zero-order valence-corrected chi connectivity index (χ0v) is 10.6. The molecule has 2 aromatic rings. The van der Waals surface area contributed by atoms with Crippen LogP contribution in [0.4, 0.5) is 19.0 Å². The third-order valence-electron chi connectivity index (χ3n) is 2.73. The van der Waals surface area contributed by atoms with E-state index in [9.17, 15) is 18.1 Å². The van der Waals surface area contributed by atoms with Crippen molar-refractivity contribution in [1.82, 2.24) is 9.38 Å². The van der Waals surface area contributed by atoms with Gasteiger partial charge in [0.2, 0.25) is 5.82 Å². The van der Waals surface area contributed by atoms with Crippen LogP contribution in [0.2, 0.25) is 0 Å². The van der Waals surface area contributed by atoms with Gasteiger partial charge in [0.05, 0.1) is 11.3 Å². The summed E-state index contributed by atoms with van der Waals surface area (Å²) >= 11 is 0. The van der Waals surface area contributed by atoms with E-state index >= 15 is 0 Å². The first-order chi connectivity index (χ1) is 8.66. The molecule has 2 heterocycles. The van der Waals surface area contributed by atoms with Crippen molar-refractivity contribution in [1.29, 1.82) is 0 Å². The summed E-state index contributed by atoms with van der Waals surface area (Å²) in [6.45, 7) is 5.28. The lowest BCUT2D eigenvalue weighted by Crippen LogP contribution is -2.12. The molecular formula is C12H12F3N3O. The van der Waals surface area contributed by atoms with Gasteiger partial charge in [0.15, 0.2) is 5.65 Å². The highest BCUT2D eigenvalue weighted by Crippen LogP contribution is 2.37. The maximum atomic E-state index is 12.9. The van der Waals surface area contributed by atoms with Gasteiger partial charge in [-0.25, -0.2) is 4.98 Å². The van der Waals surface area contributed by atoms with Crippen molar-refractivity contribution < 1.29 is 13.2 Å². The van der Waals surface area contributed by atoms with Gasteiger partial charge < -0.3 is 0 Å². The summed E-state index contributed by atoms with van der Waals surface area (Å²) in [5, 5.41) is 2.83. The molecule has 0 saturated heterocycles. The van der Waals surface area contributed by atoms with Gasteiger partial charge in [0.25, 0.3) is 0 Å². The highest BCUT2D eigenvalue weighted by molar-refractivity contribution is 5.59. The molecule has 0 radical (unpaired) electrons. The van der Waals surface area contributed by atoms with Crippen molar-refractivity contribution in [2.45, 2.75) is 32.4 Å². The summed E-state index contributed by atoms with van der Waals surface area (Å²) in [6.07, 6.45) is -3.17. The fraction of sp³-hybridized carbons (Fsp3) is 0.417. The van der Waals surface area contributed by atoms with Gasteiger partial charge in [-0.05, 0) is 17.3 Å². The van der Waals surface area contributed by atoms with Gasteiger partial charge in [-0.15, -0.1) is 4.91 Å². The van der Waals surface area contributed by atoms with Crippen molar-refractivity contribution in [3.05, 3.63) is 34.5 Å². The molecule has 0 aliphatic rings. The second kappa shape index (κ2) is 4.04. The van der Waals surface area contributed by atoms with Gasteiger partial charge in [0.1, 0.15) is 0 Å². The number of nitroso groups, excluding NO2 is 1. The van der Waals surface area contributed by atoms with E-state index in [1.807, 2.05) is 0 Å². The lowest BCUT2D eigenvalue weighted by Gasteiger charge is -2.14. The first kappa shape index (κ1) is 13.5. The summed E-state index contributed by atoms with van der Waals surface area (Å²) in [5.74, 6) is -0.0893. The Morgan fingerprint density at radius 1 is 1.26 bits per heavy atom. The van der Waals surface area contributed by atoms with Crippen molar-refractivity contribution in [2.75, 3.05) is 0 Å². The zero-order valence-electron chi connectivity index (χ0n) is 10.6. The van der Waals surface area contributed by atoms with Crippen LogP contribution in [0.25, 0.3) is 5.65 Å². The summed E-state index contributed by atoms with van der Waals surface area (Å²) < 4.78 is 39.8. The van der Waals surface area contributed by atoms with E-state index in [1.54, 1.807) is 20.8 Å². The number of hydrogen-bond donors (Lipinski definition) is 0. The lowest BCUT2D eigenvalue weighted by atomic mass is 9.92. The summed E-state index contributed by atoms with van der Waals surface area (Å²) in [5.41, 5.74) is -1.50. The molecule has 0 bridgehead atoms. The molecule has 0 aromatic carbocycles. The third-order valence-corrected chi connectivity index (χ3v) is 2.73. The van der Waals surface area contributed by atoms with Gasteiger partial charge in [-0.1, -0.05) is 20.8 Å². The molecule has 0 spiro atoms. The standard InChI is InChI=1S/C12H12F3N3O/c1-11(2,3)8-10(17-19)18-6-4-5-7(9(18)16-8)12(13,14)15/h4-6H,1-3H3. The number of halogens is 3. The molecule has 0 amide bonds. The van der Waals surface area contributed by atoms with E-state index in [1.165, 1.54) is 12.3 Å². The van der Waals surface area contributed by atoms with E-state index in [-0.39, 0.29) is 17.2 Å². The number of imidazole rings is 1. The quantitative estimate of drug-likeness (QED) is 0.734. The van der Waals surface area contributed by atoms with Gasteiger partial charge >= 0.3 is 6.18 Å². The Morgan fingerprint density at radius 2 is 1.89 bits per heavy atom. The molecule has 102 valence electrons. The fourth-order valence-corrected chi connectivity index (χ4v) is 1.87. The molecule has 19 heavy (non-hydrogen) atoms. The SMILES string of the molecule is CC(C)(C)c1nc2c(C(F)(F)F)cccn2c1N=O. The summed E-state index contributed by atoms with van der Waals surface area (Å²) in [7, 11) is 0. The maximum absolute atomic E-state index is 12.9. The molecule has 0 N–H and O–H groups in total. The van der Waals surface area contributed by atoms with Crippen molar-refractivity contribution >= 4 is 11.5 Å². The van der Waals surface area contributed by atoms with Crippen LogP contribution in [0.15, 0.2) is 23.5 Å². The smallest absolute Gasteiger partial charge is 0.281 e. The van der Waals surface area contributed by atoms with E-state index in [4.69, 9.17) is 0 Å². The highest BCUT2D eigenvalue weighted by atomic mass is 19.4. The van der Waals surface area contributed by atoms with E-state index in [0.717, 1.165) is 10.5 Å². The zero-order chi connectivity index (χ0) is 14.4. The summed E-state index contributed by atoms with van der Waals surface area (Å²) in [4.78, 5) is 14.9. The molecule has 7 heteroatoms. The average Bonchev–Trinajstić information content (AvgIpc) is 2.65. The predicted molar refractivity (Wildman–Crippen MR) is 64.3 cm³/mol. The number of pyridine rings is 1. The Hall–Kier alpha value is -1.92. The van der Waals surface area contributed by atoms with Crippen molar-refractivity contribution in [2.24, 2.45) is 5.18 Å². The predicted octanol–water partition coefficient (Wildman–Crippen LogP) is 4.05. The van der Waals surface area contributed by atoms with Gasteiger partial charge in [-0.3, -0.25) is 4.40 Å². The Balaban J connectivity index is 2.87. The fourth-order valence-electron chi connectivity index (χ4n) is 1.87. The molecule has 4 nitrogen and oxygen atoms in total. The maximum Gasteiger partial charge on any atom is 0.419 e. The second-order valence-electron chi connectivity index (χ2n) is 5.24. The molecule has 0 unspecified atom stereocenters. The van der Waals surface area contributed by atoms with Crippen molar-refractivity contribution in [3.63, 3.8) is 0 Å². The Morgan fingerprint density at radius 3 is 2.37 bits per heavy atom. The molecule has 0 fully saturated rings. The van der Waals surface area contributed by atoms with E-state index < -0.39 is 17.2 Å². The molecule has 0 saturated carbocycles. The van der Waals surface area contributed by atoms with Crippen LogP contribution < -0.4 is 0 Å². The normalized spacial score (nSPS) is 12.9. The number of alkyl halides is 3. The Bertz CT molecular complexity index is 638. The van der Waals surface area contributed by atoms with Gasteiger partial charge in [-0.2, -0.15) is 13.2 Å². The minimum Gasteiger partial charge on any atom is -0.281 e. The molecule has 0 atom stereocenters.